The molecule has 0 radical (unpaired) electrons. The Hall–Kier alpha value is -5.81. The van der Waals surface area contributed by atoms with Crippen LogP contribution in [0.3, 0.4) is 0 Å². The molecule has 18 heteroatoms. The lowest BCUT2D eigenvalue weighted by Crippen LogP contribution is -2.57. The molecule has 56 heavy (non-hydrogen) atoms. The monoisotopic (exact) mass is 808 g/mol. The van der Waals surface area contributed by atoms with Crippen molar-refractivity contribution in [2.24, 2.45) is 11.8 Å². The molecule has 4 aromatic rings. The topological polar surface area (TPSA) is 223 Å². The molecule has 1 aromatic heterocycles. The highest BCUT2D eigenvalue weighted by atomic mass is 35.5. The number of ether oxygens (including phenoxy) is 1. The molecule has 1 saturated heterocycles. The second kappa shape index (κ2) is 17.3. The van der Waals surface area contributed by atoms with Gasteiger partial charge in [0.25, 0.3) is 21.8 Å². The minimum Gasteiger partial charge on any atom is -0.465 e. The summed E-state index contributed by atoms with van der Waals surface area (Å²) in [6.07, 6.45) is 0.844. The molecule has 296 valence electrons. The van der Waals surface area contributed by atoms with E-state index in [1.807, 2.05) is 4.72 Å². The molecule has 0 aliphatic carbocycles. The van der Waals surface area contributed by atoms with Crippen molar-refractivity contribution in [1.29, 1.82) is 0 Å². The number of ketones is 1. The van der Waals surface area contributed by atoms with Gasteiger partial charge in [0.1, 0.15) is 17.6 Å². The summed E-state index contributed by atoms with van der Waals surface area (Å²) in [5, 5.41) is 8.26. The zero-order chi connectivity index (χ0) is 40.9. The SMILES string of the molecule is COC(=O)c1ccc2oc(C(=O)[C@@H](NC(=O)[C@@H]3CCCN3C(=O)[C@@H](NC(=O)c3ccc(NC(=O)NS(=O)(=O)c4ccc(Cl)cc4)cc3)C(C)C)C(C)C)nc2c1. The largest absolute Gasteiger partial charge is 0.465 e. The Morgan fingerprint density at radius 2 is 1.52 bits per heavy atom. The van der Waals surface area contributed by atoms with Crippen molar-refractivity contribution in [3.8, 4) is 0 Å². The molecule has 2 heterocycles. The number of esters is 1. The minimum absolute atomic E-state index is 0.151. The molecular formula is C38H41ClN6O10S. The van der Waals surface area contributed by atoms with Gasteiger partial charge < -0.3 is 30.0 Å². The number of hydrogen-bond donors (Lipinski definition) is 4. The van der Waals surface area contributed by atoms with Gasteiger partial charge in [-0.1, -0.05) is 39.3 Å². The number of benzene rings is 3. The lowest BCUT2D eigenvalue weighted by atomic mass is 9.98. The number of urea groups is 1. The number of carbonyl (C=O) groups excluding carboxylic acids is 6. The first-order chi connectivity index (χ1) is 26.5. The molecule has 0 unspecified atom stereocenters. The van der Waals surface area contributed by atoms with E-state index in [1.54, 1.807) is 27.7 Å². The first-order valence-electron chi connectivity index (χ1n) is 17.6. The first-order valence-corrected chi connectivity index (χ1v) is 19.5. The van der Waals surface area contributed by atoms with E-state index >= 15 is 0 Å². The third-order valence-electron chi connectivity index (χ3n) is 9.08. The summed E-state index contributed by atoms with van der Waals surface area (Å²) in [5.41, 5.74) is 1.09. The number of amides is 5. The molecule has 0 spiro atoms. The molecule has 5 rings (SSSR count). The Balaban J connectivity index is 1.22. The highest BCUT2D eigenvalue weighted by molar-refractivity contribution is 7.90. The molecular weight excluding hydrogens is 768 g/mol. The Bertz CT molecular complexity index is 2260. The van der Waals surface area contributed by atoms with Crippen LogP contribution in [0.15, 0.2) is 76.0 Å². The fourth-order valence-electron chi connectivity index (χ4n) is 6.07. The van der Waals surface area contributed by atoms with Crippen LogP contribution in [-0.2, 0) is 24.3 Å². The number of sulfonamides is 1. The van der Waals surface area contributed by atoms with Crippen LogP contribution in [0.25, 0.3) is 11.1 Å². The summed E-state index contributed by atoms with van der Waals surface area (Å²) >= 11 is 5.81. The maximum Gasteiger partial charge on any atom is 0.337 e. The Labute approximate surface area is 327 Å². The van der Waals surface area contributed by atoms with E-state index in [1.165, 1.54) is 78.7 Å². The highest BCUT2D eigenvalue weighted by Gasteiger charge is 2.40. The van der Waals surface area contributed by atoms with E-state index in [-0.39, 0.29) is 51.2 Å². The quantitative estimate of drug-likeness (QED) is 0.108. The summed E-state index contributed by atoms with van der Waals surface area (Å²) in [5.74, 6) is -3.81. The number of nitrogens with one attached hydrogen (secondary N) is 4. The molecule has 1 fully saturated rings. The third kappa shape index (κ3) is 9.52. The zero-order valence-electron chi connectivity index (χ0n) is 31.1. The van der Waals surface area contributed by atoms with Gasteiger partial charge in [-0.05, 0) is 91.4 Å². The van der Waals surface area contributed by atoms with E-state index in [4.69, 9.17) is 20.8 Å². The molecule has 1 aliphatic rings. The van der Waals surface area contributed by atoms with Crippen molar-refractivity contribution in [2.75, 3.05) is 19.0 Å². The number of hydrogen-bond acceptors (Lipinski definition) is 11. The Morgan fingerprint density at radius 1 is 0.875 bits per heavy atom. The molecule has 0 saturated carbocycles. The Morgan fingerprint density at radius 3 is 2.14 bits per heavy atom. The lowest BCUT2D eigenvalue weighted by molar-refractivity contribution is -0.140. The van der Waals surface area contributed by atoms with Crippen molar-refractivity contribution in [3.63, 3.8) is 0 Å². The van der Waals surface area contributed by atoms with Gasteiger partial charge in [-0.3, -0.25) is 19.2 Å². The van der Waals surface area contributed by atoms with Gasteiger partial charge in [0.15, 0.2) is 5.58 Å². The number of nitrogens with zero attached hydrogens (tertiary/aromatic N) is 2. The number of halogens is 1. The number of aromatic nitrogens is 1. The standard InChI is InChI=1S/C38H41ClN6O10S/c1-20(2)30(32(46)35-41-27-19-23(37(50)54-5)10-17-29(27)55-35)42-34(48)28-7-6-18-45(28)36(49)31(21(3)4)43-33(47)22-8-13-25(14-9-22)40-38(51)44-56(52,53)26-15-11-24(39)12-16-26/h8-17,19-21,28,30-31H,6-7,18H2,1-5H3,(H,42,48)(H,43,47)(H2,40,44,51)/t28-,30-,31-/m0/s1. The predicted molar refractivity (Wildman–Crippen MR) is 205 cm³/mol. The van der Waals surface area contributed by atoms with Crippen LogP contribution in [0, 0.1) is 11.8 Å². The fraction of sp³-hybridized carbons (Fsp3) is 0.342. The van der Waals surface area contributed by atoms with Crippen LogP contribution >= 0.6 is 11.6 Å². The summed E-state index contributed by atoms with van der Waals surface area (Å²) in [6, 6.07) is 11.2. The summed E-state index contributed by atoms with van der Waals surface area (Å²) in [7, 11) is -2.93. The molecule has 0 bridgehead atoms. The van der Waals surface area contributed by atoms with E-state index in [2.05, 4.69) is 20.9 Å². The van der Waals surface area contributed by atoms with Gasteiger partial charge in [0, 0.05) is 22.8 Å². The average molecular weight is 809 g/mol. The first kappa shape index (κ1) is 41.4. The van der Waals surface area contributed by atoms with Crippen LogP contribution < -0.4 is 20.7 Å². The van der Waals surface area contributed by atoms with Crippen molar-refractivity contribution in [2.45, 2.75) is 63.6 Å². The van der Waals surface area contributed by atoms with Crippen molar-refractivity contribution in [1.82, 2.24) is 25.2 Å². The van der Waals surface area contributed by atoms with Gasteiger partial charge in [0.05, 0.1) is 23.6 Å². The highest BCUT2D eigenvalue weighted by Crippen LogP contribution is 2.24. The van der Waals surface area contributed by atoms with Crippen molar-refractivity contribution >= 4 is 73.9 Å². The number of oxazole rings is 1. The average Bonchev–Trinajstić information content (AvgIpc) is 3.83. The van der Waals surface area contributed by atoms with Gasteiger partial charge in [-0.15, -0.1) is 0 Å². The number of likely N-dealkylation sites (tertiary alicyclic amines) is 1. The van der Waals surface area contributed by atoms with E-state index in [9.17, 15) is 37.2 Å². The summed E-state index contributed by atoms with van der Waals surface area (Å²) in [4.78, 5) is 84.5. The Kier molecular flexibility index (Phi) is 12.8. The van der Waals surface area contributed by atoms with Crippen LogP contribution in [0.1, 0.15) is 71.9 Å². The molecule has 3 aromatic carbocycles. The van der Waals surface area contributed by atoms with Crippen molar-refractivity contribution in [3.05, 3.63) is 88.8 Å². The number of methoxy groups -OCH3 is 1. The van der Waals surface area contributed by atoms with Crippen LogP contribution in [0.5, 0.6) is 0 Å². The maximum atomic E-state index is 13.9. The zero-order valence-corrected chi connectivity index (χ0v) is 32.7. The van der Waals surface area contributed by atoms with Crippen LogP contribution in [-0.4, -0.2) is 85.6 Å². The smallest absolute Gasteiger partial charge is 0.337 e. The number of fused-ring (bicyclic) bond motifs is 1. The summed E-state index contributed by atoms with van der Waals surface area (Å²) < 4.78 is 37.3. The molecule has 16 nitrogen and oxygen atoms in total. The third-order valence-corrected chi connectivity index (χ3v) is 10.7. The molecule has 3 atom stereocenters. The van der Waals surface area contributed by atoms with Crippen LogP contribution in [0.2, 0.25) is 5.02 Å². The van der Waals surface area contributed by atoms with Gasteiger partial charge >= 0.3 is 12.0 Å². The van der Waals surface area contributed by atoms with E-state index in [0.29, 0.717) is 17.9 Å². The normalized spacial score (nSPS) is 15.3. The second-order valence-electron chi connectivity index (χ2n) is 13.8. The molecule has 1 aliphatic heterocycles. The van der Waals surface area contributed by atoms with E-state index in [0.717, 1.165) is 0 Å². The van der Waals surface area contributed by atoms with Gasteiger partial charge in [-0.25, -0.2) is 27.7 Å². The predicted octanol–water partition coefficient (Wildman–Crippen LogP) is 4.55. The number of Topliss-reactive ketones (excluding diaryl/α,β-unsaturated/α-hetero) is 1. The number of anilines is 1. The fourth-order valence-corrected chi connectivity index (χ4v) is 7.10. The van der Waals surface area contributed by atoms with Crippen LogP contribution in [0.4, 0.5) is 10.5 Å². The molecule has 5 amide bonds. The minimum atomic E-state index is -4.18. The number of rotatable bonds is 13. The summed E-state index contributed by atoms with van der Waals surface area (Å²) in [6.45, 7) is 7.24. The van der Waals surface area contributed by atoms with Crippen molar-refractivity contribution < 1.29 is 46.3 Å². The molecule has 4 N–H and O–H groups in total. The van der Waals surface area contributed by atoms with Gasteiger partial charge in [-0.2, -0.15) is 0 Å². The van der Waals surface area contributed by atoms with Gasteiger partial charge in [0.2, 0.25) is 17.6 Å². The second-order valence-corrected chi connectivity index (χ2v) is 15.9. The number of carbonyl (C=O) groups is 6. The lowest BCUT2D eigenvalue weighted by Gasteiger charge is -2.31. The maximum absolute atomic E-state index is 13.9. The van der Waals surface area contributed by atoms with E-state index < -0.39 is 69.6 Å².